The smallest absolute Gasteiger partial charge is 0.193 e. The van der Waals surface area contributed by atoms with Gasteiger partial charge in [-0.15, -0.1) is 35.3 Å². The van der Waals surface area contributed by atoms with Crippen LogP contribution in [0, 0.1) is 5.92 Å². The van der Waals surface area contributed by atoms with E-state index in [9.17, 15) is 0 Å². The molecule has 1 aliphatic rings. The van der Waals surface area contributed by atoms with Gasteiger partial charge in [-0.25, -0.2) is 0 Å². The number of halogens is 1. The summed E-state index contributed by atoms with van der Waals surface area (Å²) in [6.45, 7) is 9.11. The Morgan fingerprint density at radius 1 is 1.46 bits per heavy atom. The first kappa shape index (κ1) is 21.7. The second-order valence-electron chi connectivity index (χ2n) is 6.75. The molecule has 1 atom stereocenters. The fourth-order valence-electron chi connectivity index (χ4n) is 3.06. The lowest BCUT2D eigenvalue weighted by molar-refractivity contribution is 0.147. The van der Waals surface area contributed by atoms with Crippen molar-refractivity contribution in [3.8, 4) is 0 Å². The van der Waals surface area contributed by atoms with E-state index >= 15 is 0 Å². The van der Waals surface area contributed by atoms with Crippen LogP contribution in [0.25, 0.3) is 0 Å². The highest BCUT2D eigenvalue weighted by Gasteiger charge is 2.20. The maximum Gasteiger partial charge on any atom is 0.193 e. The standard InChI is InChI=1S/C18H32N4S.HI/c1-15-7-11-22(12-8-15)16(2)14-20-18(19-3)21(4)10-9-17-6-5-13-23-17;/h5-6,13,15-16H,7-12,14H2,1-4H3,(H,19,20);1H. The Kier molecular flexibility index (Phi) is 10.2. The zero-order valence-corrected chi connectivity index (χ0v) is 18.6. The lowest BCUT2D eigenvalue weighted by Gasteiger charge is -2.35. The lowest BCUT2D eigenvalue weighted by atomic mass is 9.98. The number of nitrogens with zero attached hydrogens (tertiary/aromatic N) is 3. The first-order chi connectivity index (χ1) is 11.1. The van der Waals surface area contributed by atoms with E-state index in [1.54, 1.807) is 0 Å². The van der Waals surface area contributed by atoms with Crippen molar-refractivity contribution >= 4 is 41.3 Å². The third-order valence-electron chi connectivity index (χ3n) is 4.84. The Labute approximate surface area is 168 Å². The van der Waals surface area contributed by atoms with Crippen LogP contribution in [0.5, 0.6) is 0 Å². The average molecular weight is 464 g/mol. The van der Waals surface area contributed by atoms with Gasteiger partial charge in [0.25, 0.3) is 0 Å². The second kappa shape index (κ2) is 11.3. The largest absolute Gasteiger partial charge is 0.355 e. The molecule has 0 saturated carbocycles. The van der Waals surface area contributed by atoms with Gasteiger partial charge in [-0.2, -0.15) is 0 Å². The Morgan fingerprint density at radius 2 is 2.17 bits per heavy atom. The van der Waals surface area contributed by atoms with Gasteiger partial charge >= 0.3 is 0 Å². The van der Waals surface area contributed by atoms with Crippen LogP contribution in [0.15, 0.2) is 22.5 Å². The van der Waals surface area contributed by atoms with E-state index in [0.717, 1.165) is 31.4 Å². The molecule has 6 heteroatoms. The number of piperidine rings is 1. The van der Waals surface area contributed by atoms with Gasteiger partial charge in [0.2, 0.25) is 0 Å². The average Bonchev–Trinajstić information content (AvgIpc) is 3.07. The molecular formula is C18H33IN4S. The molecule has 0 aromatic carbocycles. The minimum atomic E-state index is 0. The van der Waals surface area contributed by atoms with Crippen LogP contribution in [0.4, 0.5) is 0 Å². The number of guanidine groups is 1. The Hall–Kier alpha value is -0.340. The van der Waals surface area contributed by atoms with Crippen LogP contribution in [-0.2, 0) is 6.42 Å². The van der Waals surface area contributed by atoms with Gasteiger partial charge in [-0.3, -0.25) is 9.89 Å². The molecule has 1 aromatic rings. The summed E-state index contributed by atoms with van der Waals surface area (Å²) in [4.78, 5) is 10.7. The van der Waals surface area contributed by atoms with Crippen molar-refractivity contribution in [1.29, 1.82) is 0 Å². The number of rotatable bonds is 6. The lowest BCUT2D eigenvalue weighted by Crippen LogP contribution is -2.48. The Balaban J connectivity index is 0.00000288. The SMILES string of the molecule is CN=C(NCC(C)N1CCC(C)CC1)N(C)CCc1cccs1.I. The molecule has 0 bridgehead atoms. The van der Waals surface area contributed by atoms with Crippen molar-refractivity contribution in [2.24, 2.45) is 10.9 Å². The van der Waals surface area contributed by atoms with Crippen molar-refractivity contribution in [2.75, 3.05) is 40.3 Å². The molecular weight excluding hydrogens is 431 g/mol. The number of aliphatic imine (C=N–C) groups is 1. The fourth-order valence-corrected chi connectivity index (χ4v) is 3.76. The minimum Gasteiger partial charge on any atom is -0.355 e. The third-order valence-corrected chi connectivity index (χ3v) is 5.78. The predicted molar refractivity (Wildman–Crippen MR) is 117 cm³/mol. The third kappa shape index (κ3) is 6.88. The zero-order chi connectivity index (χ0) is 16.7. The number of hydrogen-bond acceptors (Lipinski definition) is 3. The molecule has 1 N–H and O–H groups in total. The summed E-state index contributed by atoms with van der Waals surface area (Å²) in [5.74, 6) is 1.89. The molecule has 1 aliphatic heterocycles. The molecule has 0 spiro atoms. The molecule has 1 fully saturated rings. The normalized spacial score (nSPS) is 18.1. The van der Waals surface area contributed by atoms with E-state index in [1.807, 2.05) is 18.4 Å². The van der Waals surface area contributed by atoms with Crippen LogP contribution >= 0.6 is 35.3 Å². The molecule has 1 aromatic heterocycles. The summed E-state index contributed by atoms with van der Waals surface area (Å²) >= 11 is 1.83. The molecule has 138 valence electrons. The van der Waals surface area contributed by atoms with Gasteiger partial charge < -0.3 is 10.2 Å². The first-order valence-electron chi connectivity index (χ1n) is 8.78. The number of nitrogens with one attached hydrogen (secondary N) is 1. The molecule has 2 rings (SSSR count). The van der Waals surface area contributed by atoms with Crippen LogP contribution in [0.2, 0.25) is 0 Å². The molecule has 0 amide bonds. The van der Waals surface area contributed by atoms with Gasteiger partial charge in [0, 0.05) is 38.1 Å². The van der Waals surface area contributed by atoms with E-state index in [1.165, 1.54) is 30.8 Å². The van der Waals surface area contributed by atoms with Crippen molar-refractivity contribution in [1.82, 2.24) is 15.1 Å². The molecule has 1 saturated heterocycles. The number of thiophene rings is 1. The summed E-state index contributed by atoms with van der Waals surface area (Å²) in [5.41, 5.74) is 0. The molecule has 2 heterocycles. The summed E-state index contributed by atoms with van der Waals surface area (Å²) < 4.78 is 0. The number of likely N-dealkylation sites (tertiary alicyclic amines) is 1. The van der Waals surface area contributed by atoms with Gasteiger partial charge in [-0.05, 0) is 56.6 Å². The van der Waals surface area contributed by atoms with Crippen LogP contribution < -0.4 is 5.32 Å². The van der Waals surface area contributed by atoms with Gasteiger partial charge in [-0.1, -0.05) is 13.0 Å². The zero-order valence-electron chi connectivity index (χ0n) is 15.5. The summed E-state index contributed by atoms with van der Waals surface area (Å²) in [6.07, 6.45) is 3.74. The summed E-state index contributed by atoms with van der Waals surface area (Å²) in [7, 11) is 3.99. The van der Waals surface area contributed by atoms with Crippen LogP contribution in [-0.4, -0.2) is 62.1 Å². The van der Waals surface area contributed by atoms with Gasteiger partial charge in [0.1, 0.15) is 0 Å². The molecule has 0 aliphatic carbocycles. The maximum atomic E-state index is 4.43. The highest BCUT2D eigenvalue weighted by atomic mass is 127. The van der Waals surface area contributed by atoms with E-state index in [0.29, 0.717) is 6.04 Å². The first-order valence-corrected chi connectivity index (χ1v) is 9.66. The summed E-state index contributed by atoms with van der Waals surface area (Å²) in [6, 6.07) is 4.88. The Morgan fingerprint density at radius 3 is 2.75 bits per heavy atom. The number of likely N-dealkylation sites (N-methyl/N-ethyl adjacent to an activating group) is 1. The van der Waals surface area contributed by atoms with Gasteiger partial charge in [0.05, 0.1) is 0 Å². The second-order valence-corrected chi connectivity index (χ2v) is 7.78. The summed E-state index contributed by atoms with van der Waals surface area (Å²) in [5, 5.41) is 5.69. The van der Waals surface area contributed by atoms with E-state index in [4.69, 9.17) is 0 Å². The molecule has 1 unspecified atom stereocenters. The Bertz CT molecular complexity index is 469. The van der Waals surface area contributed by atoms with Crippen molar-refractivity contribution in [3.05, 3.63) is 22.4 Å². The van der Waals surface area contributed by atoms with Crippen LogP contribution in [0.3, 0.4) is 0 Å². The van der Waals surface area contributed by atoms with Crippen molar-refractivity contribution in [3.63, 3.8) is 0 Å². The van der Waals surface area contributed by atoms with E-state index in [-0.39, 0.29) is 24.0 Å². The monoisotopic (exact) mass is 464 g/mol. The van der Waals surface area contributed by atoms with Gasteiger partial charge in [0.15, 0.2) is 5.96 Å². The maximum absolute atomic E-state index is 4.43. The molecule has 24 heavy (non-hydrogen) atoms. The highest BCUT2D eigenvalue weighted by molar-refractivity contribution is 14.0. The van der Waals surface area contributed by atoms with Crippen LogP contribution in [0.1, 0.15) is 31.6 Å². The highest BCUT2D eigenvalue weighted by Crippen LogP contribution is 2.17. The predicted octanol–water partition coefficient (Wildman–Crippen LogP) is 3.54. The molecule has 0 radical (unpaired) electrons. The van der Waals surface area contributed by atoms with Crippen molar-refractivity contribution < 1.29 is 0 Å². The minimum absolute atomic E-state index is 0. The van der Waals surface area contributed by atoms with E-state index in [2.05, 4.69) is 58.5 Å². The quantitative estimate of drug-likeness (QED) is 0.397. The van der Waals surface area contributed by atoms with Crippen molar-refractivity contribution in [2.45, 2.75) is 39.2 Å². The fraction of sp³-hybridized carbons (Fsp3) is 0.722. The number of hydrogen-bond donors (Lipinski definition) is 1. The topological polar surface area (TPSA) is 30.9 Å². The molecule has 4 nitrogen and oxygen atoms in total. The van der Waals surface area contributed by atoms with E-state index < -0.39 is 0 Å².